The maximum absolute atomic E-state index is 12.0. The molecular weight excluding hydrogens is 275 g/mol. The normalized spacial score (nSPS) is 17.7. The zero-order valence-corrected chi connectivity index (χ0v) is 11.5. The molecule has 1 fully saturated rings. The van der Waals surface area contributed by atoms with Gasteiger partial charge in [-0.15, -0.1) is 0 Å². The van der Waals surface area contributed by atoms with E-state index in [0.29, 0.717) is 5.56 Å². The molecule has 2 heterocycles. The minimum atomic E-state index is -0.256. The lowest BCUT2D eigenvalue weighted by atomic mass is 10.3. The van der Waals surface area contributed by atoms with Gasteiger partial charge in [-0.05, 0) is 19.2 Å². The summed E-state index contributed by atoms with van der Waals surface area (Å²) in [7, 11) is 2.05. The van der Waals surface area contributed by atoms with Gasteiger partial charge < -0.3 is 4.90 Å². The molecule has 0 aliphatic carbocycles. The van der Waals surface area contributed by atoms with E-state index >= 15 is 0 Å². The van der Waals surface area contributed by atoms with Crippen LogP contribution in [0.4, 0.5) is 0 Å². The van der Waals surface area contributed by atoms with Crippen LogP contribution in [0.5, 0.6) is 0 Å². The summed E-state index contributed by atoms with van der Waals surface area (Å²) in [5.41, 5.74) is 3.15. The molecule has 0 unspecified atom stereocenters. The second-order valence-corrected chi connectivity index (χ2v) is 4.95. The lowest BCUT2D eigenvalue weighted by molar-refractivity contribution is 0.0662. The summed E-state index contributed by atoms with van der Waals surface area (Å²) < 4.78 is 0. The van der Waals surface area contributed by atoms with Gasteiger partial charge in [0, 0.05) is 26.2 Å². The Morgan fingerprint density at radius 3 is 2.56 bits per heavy atom. The summed E-state index contributed by atoms with van der Waals surface area (Å²) in [6.07, 6.45) is 0. The molecule has 0 atom stereocenters. The van der Waals surface area contributed by atoms with Crippen LogP contribution in [0.3, 0.4) is 0 Å². The Balaban J connectivity index is 1.99. The van der Waals surface area contributed by atoms with Gasteiger partial charge in [-0.3, -0.25) is 10.2 Å². The highest BCUT2D eigenvalue weighted by molar-refractivity contribution is 6.34. The number of likely N-dealkylation sites (N-methyl/N-ethyl adjacent to an activating group) is 1. The van der Waals surface area contributed by atoms with Crippen LogP contribution in [0.1, 0.15) is 10.4 Å². The second kappa shape index (κ2) is 5.84. The third-order valence-electron chi connectivity index (χ3n) is 2.82. The van der Waals surface area contributed by atoms with Crippen LogP contribution < -0.4 is 5.43 Å². The van der Waals surface area contributed by atoms with E-state index in [1.807, 2.05) is 5.01 Å². The van der Waals surface area contributed by atoms with E-state index in [2.05, 4.69) is 22.4 Å². The summed E-state index contributed by atoms with van der Waals surface area (Å²) >= 11 is 11.6. The van der Waals surface area contributed by atoms with Gasteiger partial charge in [0.25, 0.3) is 5.91 Å². The van der Waals surface area contributed by atoms with Crippen LogP contribution in [-0.2, 0) is 0 Å². The van der Waals surface area contributed by atoms with Gasteiger partial charge >= 0.3 is 0 Å². The molecule has 0 saturated carbocycles. The quantitative estimate of drug-likeness (QED) is 0.833. The molecule has 0 aromatic carbocycles. The minimum Gasteiger partial charge on any atom is -0.304 e. The monoisotopic (exact) mass is 288 g/mol. The lowest BCUT2D eigenvalue weighted by Crippen LogP contribution is -2.52. The minimum absolute atomic E-state index is 0.120. The van der Waals surface area contributed by atoms with E-state index in [-0.39, 0.29) is 16.2 Å². The van der Waals surface area contributed by atoms with E-state index < -0.39 is 0 Å². The summed E-state index contributed by atoms with van der Waals surface area (Å²) in [5, 5.41) is 2.28. The number of hydrogen-bond donors (Lipinski definition) is 1. The van der Waals surface area contributed by atoms with Crippen LogP contribution in [0.15, 0.2) is 12.1 Å². The SMILES string of the molecule is CN1CCN(NC(=O)c2ccc(Cl)nc2Cl)CC1. The Morgan fingerprint density at radius 2 is 1.94 bits per heavy atom. The first-order valence-electron chi connectivity index (χ1n) is 5.63. The molecule has 98 valence electrons. The van der Waals surface area contributed by atoms with Crippen LogP contribution >= 0.6 is 23.2 Å². The van der Waals surface area contributed by atoms with Crippen molar-refractivity contribution in [3.05, 3.63) is 28.0 Å². The van der Waals surface area contributed by atoms with Crippen molar-refractivity contribution in [2.24, 2.45) is 0 Å². The predicted molar refractivity (Wildman–Crippen MR) is 70.8 cm³/mol. The molecule has 0 radical (unpaired) electrons. The van der Waals surface area contributed by atoms with E-state index in [4.69, 9.17) is 23.2 Å². The molecular formula is C11H14Cl2N4O. The zero-order valence-electron chi connectivity index (χ0n) is 9.99. The fraction of sp³-hybridized carbons (Fsp3) is 0.455. The summed E-state index contributed by atoms with van der Waals surface area (Å²) in [4.78, 5) is 18.0. The van der Waals surface area contributed by atoms with Crippen molar-refractivity contribution < 1.29 is 4.79 Å². The second-order valence-electron chi connectivity index (χ2n) is 4.20. The van der Waals surface area contributed by atoms with Crippen LogP contribution in [-0.4, -0.2) is 54.0 Å². The Hall–Kier alpha value is -0.880. The highest BCUT2D eigenvalue weighted by Crippen LogP contribution is 2.16. The third-order valence-corrected chi connectivity index (χ3v) is 3.32. The number of halogens is 2. The first-order chi connectivity index (χ1) is 8.56. The van der Waals surface area contributed by atoms with E-state index in [1.165, 1.54) is 0 Å². The molecule has 2 rings (SSSR count). The van der Waals surface area contributed by atoms with Crippen molar-refractivity contribution in [3.8, 4) is 0 Å². The number of hydrazine groups is 1. The Morgan fingerprint density at radius 1 is 1.28 bits per heavy atom. The molecule has 0 bridgehead atoms. The number of aromatic nitrogens is 1. The van der Waals surface area contributed by atoms with Gasteiger partial charge in [0.2, 0.25) is 0 Å². The van der Waals surface area contributed by atoms with Crippen molar-refractivity contribution in [2.75, 3.05) is 33.2 Å². The maximum Gasteiger partial charge on any atom is 0.268 e. The maximum atomic E-state index is 12.0. The molecule has 5 nitrogen and oxygen atoms in total. The highest BCUT2D eigenvalue weighted by atomic mass is 35.5. The number of carbonyl (C=O) groups is 1. The number of hydrogen-bond acceptors (Lipinski definition) is 4. The summed E-state index contributed by atoms with van der Waals surface area (Å²) in [5.74, 6) is -0.256. The van der Waals surface area contributed by atoms with Crippen molar-refractivity contribution in [1.29, 1.82) is 0 Å². The third kappa shape index (κ3) is 3.32. The van der Waals surface area contributed by atoms with Crippen molar-refractivity contribution in [3.63, 3.8) is 0 Å². The molecule has 1 aliphatic heterocycles. The van der Waals surface area contributed by atoms with Crippen LogP contribution in [0.2, 0.25) is 10.3 Å². The van der Waals surface area contributed by atoms with Gasteiger partial charge in [0.15, 0.2) is 0 Å². The standard InChI is InChI=1S/C11H14Cl2N4O/c1-16-4-6-17(7-5-16)15-11(18)8-2-3-9(12)14-10(8)13/h2-3H,4-7H2,1H3,(H,15,18). The van der Waals surface area contributed by atoms with Gasteiger partial charge in [0.1, 0.15) is 10.3 Å². The topological polar surface area (TPSA) is 48.5 Å². The van der Waals surface area contributed by atoms with Crippen molar-refractivity contribution in [2.45, 2.75) is 0 Å². The average Bonchev–Trinajstić information content (AvgIpc) is 2.32. The molecule has 1 aliphatic rings. The molecule has 0 spiro atoms. The predicted octanol–water partition coefficient (Wildman–Crippen LogP) is 1.28. The first kappa shape index (κ1) is 13.5. The lowest BCUT2D eigenvalue weighted by Gasteiger charge is -2.32. The number of carbonyl (C=O) groups excluding carboxylic acids is 1. The summed E-state index contributed by atoms with van der Waals surface area (Å²) in [6.45, 7) is 3.43. The van der Waals surface area contributed by atoms with Gasteiger partial charge in [-0.2, -0.15) is 0 Å². The zero-order chi connectivity index (χ0) is 13.1. The Kier molecular flexibility index (Phi) is 4.40. The fourth-order valence-corrected chi connectivity index (χ4v) is 2.13. The number of nitrogens with zero attached hydrogens (tertiary/aromatic N) is 3. The van der Waals surface area contributed by atoms with Gasteiger partial charge in [0.05, 0.1) is 5.56 Å². The first-order valence-corrected chi connectivity index (χ1v) is 6.38. The molecule has 1 aromatic rings. The van der Waals surface area contributed by atoms with Gasteiger partial charge in [-0.25, -0.2) is 9.99 Å². The Bertz CT molecular complexity index is 447. The number of rotatable bonds is 2. The number of piperazine rings is 1. The van der Waals surface area contributed by atoms with E-state index in [1.54, 1.807) is 12.1 Å². The summed E-state index contributed by atoms with van der Waals surface area (Å²) in [6, 6.07) is 3.12. The average molecular weight is 289 g/mol. The smallest absolute Gasteiger partial charge is 0.268 e. The number of pyridine rings is 1. The molecule has 1 N–H and O–H groups in total. The number of amides is 1. The Labute approximate surface area is 116 Å². The van der Waals surface area contributed by atoms with E-state index in [0.717, 1.165) is 26.2 Å². The molecule has 1 aromatic heterocycles. The molecule has 1 amide bonds. The van der Waals surface area contributed by atoms with Crippen LogP contribution in [0.25, 0.3) is 0 Å². The molecule has 18 heavy (non-hydrogen) atoms. The molecule has 1 saturated heterocycles. The van der Waals surface area contributed by atoms with Crippen molar-refractivity contribution >= 4 is 29.1 Å². The largest absolute Gasteiger partial charge is 0.304 e. The fourth-order valence-electron chi connectivity index (χ4n) is 1.70. The van der Waals surface area contributed by atoms with E-state index in [9.17, 15) is 4.79 Å². The molecule has 7 heteroatoms. The highest BCUT2D eigenvalue weighted by Gasteiger charge is 2.18. The van der Waals surface area contributed by atoms with Crippen LogP contribution in [0, 0.1) is 0 Å². The van der Waals surface area contributed by atoms with Gasteiger partial charge in [-0.1, -0.05) is 23.2 Å². The van der Waals surface area contributed by atoms with Crippen molar-refractivity contribution in [1.82, 2.24) is 20.3 Å². The number of nitrogens with one attached hydrogen (secondary N) is 1.